The molecule has 0 fully saturated rings. The Balaban J connectivity index is 5.25. The van der Waals surface area contributed by atoms with Crippen LogP contribution in [0.4, 0.5) is 0 Å². The smallest absolute Gasteiger partial charge is 0.462 e. The van der Waals surface area contributed by atoms with Crippen molar-refractivity contribution in [2.75, 3.05) is 39.6 Å². The Morgan fingerprint density at radius 1 is 0.257 bits per heavy atom. The van der Waals surface area contributed by atoms with Crippen molar-refractivity contribution < 1.29 is 80.2 Å². The molecule has 672 valence electrons. The number of hydrogen-bond donors (Lipinski definition) is 3. The number of rotatable bonds is 92. The SMILES string of the molecule is CCCCCCCCCCCCCCCCCCCCCCC(=O)OC[C@H](COP(=O)(O)OC[C@@H](O)COP(=O)(O)OC[C@@H](COC(=O)CCCCCCCCCCCC(C)C)OC(=O)CCCCCCCCCCCCCCCCCCC(C)C)OC(=O)CCCCCCCCCCCCCCCCCCCCC(C)CC. The second-order valence-electron chi connectivity index (χ2n) is 35.0. The minimum atomic E-state index is -4.97. The van der Waals surface area contributed by atoms with Gasteiger partial charge in [0, 0.05) is 25.7 Å². The van der Waals surface area contributed by atoms with Crippen LogP contribution in [-0.4, -0.2) is 96.7 Å². The second-order valence-corrected chi connectivity index (χ2v) is 37.9. The van der Waals surface area contributed by atoms with E-state index in [1.54, 1.807) is 0 Å². The standard InChI is InChI=1S/C94H184O17P2/c1-8-10-11-12-13-14-15-16-17-18-19-20-24-30-35-40-47-54-61-68-75-91(96)104-81-89(110-93(98)77-70-63-56-48-41-36-31-25-22-21-23-29-34-39-46-53-60-67-74-87(7)9-2)83-108-112(100,101)106-79-88(95)80-107-113(102,103)109-84-90(82-105-92(97)76-69-62-55-50-43-45-52-59-66-73-86(5)6)111-94(99)78-71-64-57-49-42-37-32-27-26-28-33-38-44-51-58-65-72-85(3)4/h85-90,95H,8-84H2,1-7H3,(H,100,101)(H,102,103)/t87?,88-,89-,90-/m1/s1. The number of aliphatic hydroxyl groups excluding tert-OH is 1. The van der Waals surface area contributed by atoms with E-state index < -0.39 is 97.5 Å². The van der Waals surface area contributed by atoms with Gasteiger partial charge in [0.1, 0.15) is 19.3 Å². The zero-order valence-corrected chi connectivity index (χ0v) is 76.7. The summed E-state index contributed by atoms with van der Waals surface area (Å²) in [7, 11) is -9.94. The van der Waals surface area contributed by atoms with Crippen molar-refractivity contribution in [1.82, 2.24) is 0 Å². The Morgan fingerprint density at radius 3 is 0.673 bits per heavy atom. The molecule has 0 aliphatic rings. The van der Waals surface area contributed by atoms with E-state index in [1.807, 2.05) is 0 Å². The summed E-state index contributed by atoms with van der Waals surface area (Å²) in [6.45, 7) is 12.1. The molecular weight excluding hydrogens is 1460 g/mol. The first-order valence-corrected chi connectivity index (χ1v) is 51.4. The van der Waals surface area contributed by atoms with Crippen LogP contribution in [0, 0.1) is 17.8 Å². The molecule has 0 amide bonds. The second kappa shape index (κ2) is 83.7. The van der Waals surface area contributed by atoms with E-state index >= 15 is 0 Å². The summed E-state index contributed by atoms with van der Waals surface area (Å²) < 4.78 is 69.2. The third-order valence-corrected chi connectivity index (χ3v) is 24.4. The van der Waals surface area contributed by atoms with Crippen LogP contribution in [0.3, 0.4) is 0 Å². The van der Waals surface area contributed by atoms with Gasteiger partial charge in [-0.25, -0.2) is 9.13 Å². The third kappa shape index (κ3) is 86.3. The van der Waals surface area contributed by atoms with Crippen molar-refractivity contribution in [3.05, 3.63) is 0 Å². The van der Waals surface area contributed by atoms with Gasteiger partial charge < -0.3 is 33.8 Å². The predicted molar refractivity (Wildman–Crippen MR) is 469 cm³/mol. The van der Waals surface area contributed by atoms with Crippen LogP contribution in [0.25, 0.3) is 0 Å². The highest BCUT2D eigenvalue weighted by Gasteiger charge is 2.31. The molecule has 19 heteroatoms. The van der Waals surface area contributed by atoms with Crippen molar-refractivity contribution >= 4 is 39.5 Å². The summed E-state index contributed by atoms with van der Waals surface area (Å²) >= 11 is 0. The number of unbranched alkanes of at least 4 members (excludes halogenated alkanes) is 59. The van der Waals surface area contributed by atoms with Crippen LogP contribution in [0.5, 0.6) is 0 Å². The number of phosphoric ester groups is 2. The number of aliphatic hydroxyl groups is 1. The molecule has 0 aromatic heterocycles. The molecule has 3 unspecified atom stereocenters. The van der Waals surface area contributed by atoms with Gasteiger partial charge in [0.25, 0.3) is 0 Å². The lowest BCUT2D eigenvalue weighted by Crippen LogP contribution is -2.30. The summed E-state index contributed by atoms with van der Waals surface area (Å²) in [4.78, 5) is 73.5. The van der Waals surface area contributed by atoms with Crippen molar-refractivity contribution in [2.24, 2.45) is 17.8 Å². The zero-order chi connectivity index (χ0) is 82.9. The average molecular weight is 1650 g/mol. The minimum absolute atomic E-state index is 0.108. The van der Waals surface area contributed by atoms with Crippen LogP contribution in [0.1, 0.15) is 504 Å². The van der Waals surface area contributed by atoms with Gasteiger partial charge in [-0.3, -0.25) is 37.3 Å². The number of hydrogen-bond acceptors (Lipinski definition) is 15. The van der Waals surface area contributed by atoms with Crippen molar-refractivity contribution in [2.45, 2.75) is 523 Å². The zero-order valence-electron chi connectivity index (χ0n) is 74.9. The van der Waals surface area contributed by atoms with Crippen molar-refractivity contribution in [3.63, 3.8) is 0 Å². The number of ether oxygens (including phenoxy) is 4. The predicted octanol–water partition coefficient (Wildman–Crippen LogP) is 29.2. The van der Waals surface area contributed by atoms with Gasteiger partial charge in [-0.05, 0) is 43.4 Å². The van der Waals surface area contributed by atoms with Gasteiger partial charge in [-0.15, -0.1) is 0 Å². The summed E-state index contributed by atoms with van der Waals surface area (Å²) in [6.07, 6.45) is 77.9. The molecule has 6 atom stereocenters. The summed E-state index contributed by atoms with van der Waals surface area (Å²) in [6, 6.07) is 0. The molecule has 0 aromatic carbocycles. The first-order chi connectivity index (χ1) is 54.8. The Bertz CT molecular complexity index is 2170. The van der Waals surface area contributed by atoms with E-state index in [9.17, 15) is 43.2 Å². The molecule has 3 N–H and O–H groups in total. The molecule has 0 bridgehead atoms. The van der Waals surface area contributed by atoms with Crippen LogP contribution < -0.4 is 0 Å². The lowest BCUT2D eigenvalue weighted by molar-refractivity contribution is -0.161. The van der Waals surface area contributed by atoms with E-state index in [4.69, 9.17) is 37.0 Å². The van der Waals surface area contributed by atoms with Crippen LogP contribution in [-0.2, 0) is 65.4 Å². The minimum Gasteiger partial charge on any atom is -0.462 e. The fourth-order valence-electron chi connectivity index (χ4n) is 14.8. The largest absolute Gasteiger partial charge is 0.472 e. The Labute approximate surface area is 696 Å². The fraction of sp³-hybridized carbons (Fsp3) is 0.957. The molecule has 0 aromatic rings. The normalized spacial score (nSPS) is 14.0. The molecule has 0 rings (SSSR count). The van der Waals surface area contributed by atoms with E-state index in [1.165, 1.54) is 315 Å². The van der Waals surface area contributed by atoms with Gasteiger partial charge in [-0.1, -0.05) is 453 Å². The van der Waals surface area contributed by atoms with Crippen LogP contribution >= 0.6 is 15.6 Å². The average Bonchev–Trinajstić information content (AvgIpc) is 0.829. The van der Waals surface area contributed by atoms with Crippen LogP contribution in [0.15, 0.2) is 0 Å². The molecule has 0 saturated carbocycles. The molecule has 0 aliphatic carbocycles. The van der Waals surface area contributed by atoms with Gasteiger partial charge in [0.05, 0.1) is 26.4 Å². The summed E-state index contributed by atoms with van der Waals surface area (Å²) in [5.41, 5.74) is 0. The molecule has 0 saturated heterocycles. The van der Waals surface area contributed by atoms with Crippen LogP contribution in [0.2, 0.25) is 0 Å². The maximum atomic E-state index is 13.2. The number of phosphoric acid groups is 2. The van der Waals surface area contributed by atoms with E-state index in [2.05, 4.69) is 48.5 Å². The molecule has 0 radical (unpaired) electrons. The number of carbonyl (C=O) groups excluding carboxylic acids is 4. The van der Waals surface area contributed by atoms with Gasteiger partial charge in [-0.2, -0.15) is 0 Å². The molecule has 0 aliphatic heterocycles. The molecular formula is C94H184O17P2. The fourth-order valence-corrected chi connectivity index (χ4v) is 16.3. The molecule has 17 nitrogen and oxygen atoms in total. The lowest BCUT2D eigenvalue weighted by atomic mass is 9.99. The van der Waals surface area contributed by atoms with Gasteiger partial charge >= 0.3 is 39.5 Å². The topological polar surface area (TPSA) is 237 Å². The quantitative estimate of drug-likeness (QED) is 0.0222. The maximum absolute atomic E-state index is 13.2. The Kier molecular flexibility index (Phi) is 82.3. The number of carbonyl (C=O) groups is 4. The highest BCUT2D eigenvalue weighted by Crippen LogP contribution is 2.45. The van der Waals surface area contributed by atoms with Crippen molar-refractivity contribution in [3.8, 4) is 0 Å². The van der Waals surface area contributed by atoms with E-state index in [0.717, 1.165) is 108 Å². The van der Waals surface area contributed by atoms with Gasteiger partial charge in [0.15, 0.2) is 12.2 Å². The maximum Gasteiger partial charge on any atom is 0.472 e. The monoisotopic (exact) mass is 1650 g/mol. The first-order valence-electron chi connectivity index (χ1n) is 48.4. The molecule has 0 heterocycles. The van der Waals surface area contributed by atoms with E-state index in [-0.39, 0.29) is 25.7 Å². The summed E-state index contributed by atoms with van der Waals surface area (Å²) in [5, 5.41) is 10.7. The summed E-state index contributed by atoms with van der Waals surface area (Å²) in [5.74, 6) is 0.329. The molecule has 0 spiro atoms. The third-order valence-electron chi connectivity index (χ3n) is 22.5. The Hall–Kier alpha value is -1.94. The lowest BCUT2D eigenvalue weighted by Gasteiger charge is -2.21. The van der Waals surface area contributed by atoms with Gasteiger partial charge in [0.2, 0.25) is 0 Å². The molecule has 113 heavy (non-hydrogen) atoms. The number of esters is 4. The van der Waals surface area contributed by atoms with Crippen molar-refractivity contribution in [1.29, 1.82) is 0 Å². The highest BCUT2D eigenvalue weighted by atomic mass is 31.2. The highest BCUT2D eigenvalue weighted by molar-refractivity contribution is 7.47. The first kappa shape index (κ1) is 111. The Morgan fingerprint density at radius 2 is 0.451 bits per heavy atom. The van der Waals surface area contributed by atoms with E-state index in [0.29, 0.717) is 25.7 Å².